The predicted molar refractivity (Wildman–Crippen MR) is 65.3 cm³/mol. The number of hydrogen-bond donors (Lipinski definition) is 1. The lowest BCUT2D eigenvalue weighted by atomic mass is 10.1. The maximum atomic E-state index is 5.21. The Morgan fingerprint density at radius 1 is 1.40 bits per heavy atom. The number of methoxy groups -OCH3 is 1. The summed E-state index contributed by atoms with van der Waals surface area (Å²) in [6.45, 7) is 3.08. The zero-order chi connectivity index (χ0) is 11.1. The Balaban J connectivity index is 2.63. The van der Waals surface area contributed by atoms with E-state index in [1.165, 1.54) is 11.1 Å². The van der Waals surface area contributed by atoms with Gasteiger partial charge in [0.25, 0.3) is 0 Å². The van der Waals surface area contributed by atoms with Gasteiger partial charge in [-0.2, -0.15) is 0 Å². The second-order valence-electron chi connectivity index (χ2n) is 3.52. The zero-order valence-corrected chi connectivity index (χ0v) is 9.71. The molecule has 0 spiro atoms. The van der Waals surface area contributed by atoms with E-state index in [0.29, 0.717) is 0 Å². The summed E-state index contributed by atoms with van der Waals surface area (Å²) < 4.78 is 5.21. The van der Waals surface area contributed by atoms with Crippen molar-refractivity contribution in [3.8, 4) is 5.75 Å². The fraction of sp³-hybridized carbons (Fsp3) is 0.385. The number of rotatable bonds is 5. The third-order valence-corrected chi connectivity index (χ3v) is 2.29. The van der Waals surface area contributed by atoms with Crippen molar-refractivity contribution in [3.63, 3.8) is 0 Å². The van der Waals surface area contributed by atoms with Gasteiger partial charge in [-0.15, -0.1) is 0 Å². The molecule has 0 amide bonds. The van der Waals surface area contributed by atoms with Gasteiger partial charge in [-0.05, 0) is 50.2 Å². The molecule has 0 radical (unpaired) electrons. The molecule has 15 heavy (non-hydrogen) atoms. The van der Waals surface area contributed by atoms with Gasteiger partial charge >= 0.3 is 0 Å². The second-order valence-corrected chi connectivity index (χ2v) is 3.52. The lowest BCUT2D eigenvalue weighted by molar-refractivity contribution is 0.411. The summed E-state index contributed by atoms with van der Waals surface area (Å²) in [5.74, 6) is 0.947. The van der Waals surface area contributed by atoms with E-state index in [2.05, 4.69) is 36.5 Å². The van der Waals surface area contributed by atoms with E-state index in [9.17, 15) is 0 Å². The van der Waals surface area contributed by atoms with Crippen LogP contribution in [0, 0.1) is 6.92 Å². The lowest BCUT2D eigenvalue weighted by Crippen LogP contribution is -2.05. The van der Waals surface area contributed by atoms with Crippen molar-refractivity contribution in [2.24, 2.45) is 0 Å². The molecule has 82 valence electrons. The van der Waals surface area contributed by atoms with Gasteiger partial charge in [-0.25, -0.2) is 0 Å². The Morgan fingerprint density at radius 2 is 2.20 bits per heavy atom. The third-order valence-electron chi connectivity index (χ3n) is 2.29. The minimum atomic E-state index is 0.947. The summed E-state index contributed by atoms with van der Waals surface area (Å²) in [7, 11) is 3.66. The summed E-state index contributed by atoms with van der Waals surface area (Å²) >= 11 is 0. The van der Waals surface area contributed by atoms with Crippen LogP contribution in [0.4, 0.5) is 0 Å². The van der Waals surface area contributed by atoms with Gasteiger partial charge in [0, 0.05) is 0 Å². The molecule has 0 aliphatic rings. The molecule has 0 unspecified atom stereocenters. The predicted octanol–water partition coefficient (Wildman–Crippen LogP) is 2.63. The number of hydrogen-bond acceptors (Lipinski definition) is 2. The van der Waals surface area contributed by atoms with Gasteiger partial charge in [-0.1, -0.05) is 18.2 Å². The van der Waals surface area contributed by atoms with Crippen molar-refractivity contribution in [1.82, 2.24) is 5.32 Å². The maximum Gasteiger partial charge on any atom is 0.121 e. The van der Waals surface area contributed by atoms with Gasteiger partial charge in [0.1, 0.15) is 5.75 Å². The van der Waals surface area contributed by atoms with E-state index in [0.717, 1.165) is 18.7 Å². The van der Waals surface area contributed by atoms with Crippen molar-refractivity contribution in [2.75, 3.05) is 20.7 Å². The average molecular weight is 205 g/mol. The Labute approximate surface area is 92.0 Å². The summed E-state index contributed by atoms with van der Waals surface area (Å²) in [6, 6.07) is 6.21. The van der Waals surface area contributed by atoms with Crippen molar-refractivity contribution in [2.45, 2.75) is 13.3 Å². The molecule has 1 aromatic carbocycles. The van der Waals surface area contributed by atoms with Crippen LogP contribution in [0.25, 0.3) is 6.08 Å². The van der Waals surface area contributed by atoms with Crippen LogP contribution in [0.5, 0.6) is 5.75 Å². The molecule has 0 saturated heterocycles. The topological polar surface area (TPSA) is 21.3 Å². The van der Waals surface area contributed by atoms with E-state index < -0.39 is 0 Å². The van der Waals surface area contributed by atoms with Crippen LogP contribution in [-0.4, -0.2) is 20.7 Å². The summed E-state index contributed by atoms with van der Waals surface area (Å²) in [6.07, 6.45) is 5.38. The molecule has 0 heterocycles. The van der Waals surface area contributed by atoms with E-state index >= 15 is 0 Å². The Kier molecular flexibility index (Phi) is 4.91. The first-order valence-corrected chi connectivity index (χ1v) is 5.23. The highest BCUT2D eigenvalue weighted by molar-refractivity contribution is 5.53. The molecular formula is C13H19NO. The second kappa shape index (κ2) is 6.25. The van der Waals surface area contributed by atoms with Crippen molar-refractivity contribution in [3.05, 3.63) is 35.4 Å². The van der Waals surface area contributed by atoms with Crippen molar-refractivity contribution in [1.29, 1.82) is 0 Å². The standard InChI is InChI=1S/C13H19NO/c1-11-10-12(6-4-5-9-14-2)7-8-13(11)15-3/h4,6-8,10,14H,5,9H2,1-3H3. The monoisotopic (exact) mass is 205 g/mol. The molecular weight excluding hydrogens is 186 g/mol. The fourth-order valence-electron chi connectivity index (χ4n) is 1.45. The summed E-state index contributed by atoms with van der Waals surface area (Å²) in [5.41, 5.74) is 2.40. The van der Waals surface area contributed by atoms with E-state index in [-0.39, 0.29) is 0 Å². The molecule has 1 rings (SSSR count). The maximum absolute atomic E-state index is 5.21. The number of ether oxygens (including phenoxy) is 1. The first-order valence-electron chi connectivity index (χ1n) is 5.23. The molecule has 0 saturated carbocycles. The van der Waals surface area contributed by atoms with Gasteiger partial charge in [-0.3, -0.25) is 0 Å². The first-order chi connectivity index (χ1) is 7.27. The van der Waals surface area contributed by atoms with Crippen LogP contribution in [0.3, 0.4) is 0 Å². The number of aryl methyl sites for hydroxylation is 1. The molecule has 1 aromatic rings. The molecule has 1 N–H and O–H groups in total. The Morgan fingerprint density at radius 3 is 2.80 bits per heavy atom. The number of nitrogens with one attached hydrogen (secondary N) is 1. The zero-order valence-electron chi connectivity index (χ0n) is 9.71. The first kappa shape index (κ1) is 11.8. The van der Waals surface area contributed by atoms with Crippen molar-refractivity contribution >= 4 is 6.08 Å². The molecule has 2 heteroatoms. The Hall–Kier alpha value is -1.28. The van der Waals surface area contributed by atoms with E-state index in [4.69, 9.17) is 4.74 Å². The fourth-order valence-corrected chi connectivity index (χ4v) is 1.45. The van der Waals surface area contributed by atoms with Crippen LogP contribution in [-0.2, 0) is 0 Å². The highest BCUT2D eigenvalue weighted by atomic mass is 16.5. The molecule has 0 atom stereocenters. The molecule has 0 fully saturated rings. The van der Waals surface area contributed by atoms with Gasteiger partial charge in [0.05, 0.1) is 7.11 Å². The van der Waals surface area contributed by atoms with Crippen LogP contribution in [0.2, 0.25) is 0 Å². The number of benzene rings is 1. The third kappa shape index (κ3) is 3.76. The Bertz CT molecular complexity index is 331. The highest BCUT2D eigenvalue weighted by Gasteiger charge is 1.96. The van der Waals surface area contributed by atoms with Crippen LogP contribution < -0.4 is 10.1 Å². The average Bonchev–Trinajstić information content (AvgIpc) is 2.25. The van der Waals surface area contributed by atoms with Gasteiger partial charge in [0.2, 0.25) is 0 Å². The van der Waals surface area contributed by atoms with Gasteiger partial charge in [0.15, 0.2) is 0 Å². The molecule has 0 aliphatic heterocycles. The lowest BCUT2D eigenvalue weighted by Gasteiger charge is -2.04. The van der Waals surface area contributed by atoms with E-state index in [1.807, 2.05) is 13.1 Å². The van der Waals surface area contributed by atoms with Crippen LogP contribution in [0.15, 0.2) is 24.3 Å². The van der Waals surface area contributed by atoms with E-state index in [1.54, 1.807) is 7.11 Å². The van der Waals surface area contributed by atoms with Gasteiger partial charge < -0.3 is 10.1 Å². The minimum Gasteiger partial charge on any atom is -0.496 e. The smallest absolute Gasteiger partial charge is 0.121 e. The molecule has 0 bridgehead atoms. The molecule has 0 aromatic heterocycles. The largest absolute Gasteiger partial charge is 0.496 e. The normalized spacial score (nSPS) is 10.9. The van der Waals surface area contributed by atoms with Crippen LogP contribution in [0.1, 0.15) is 17.5 Å². The highest BCUT2D eigenvalue weighted by Crippen LogP contribution is 2.19. The minimum absolute atomic E-state index is 0.947. The van der Waals surface area contributed by atoms with Crippen LogP contribution >= 0.6 is 0 Å². The molecule has 0 aliphatic carbocycles. The summed E-state index contributed by atoms with van der Waals surface area (Å²) in [4.78, 5) is 0. The summed E-state index contributed by atoms with van der Waals surface area (Å²) in [5, 5.41) is 3.11. The quantitative estimate of drug-likeness (QED) is 0.746. The SMILES string of the molecule is CNCCC=Cc1ccc(OC)c(C)c1. The van der Waals surface area contributed by atoms with Crippen molar-refractivity contribution < 1.29 is 4.74 Å². The molecule has 2 nitrogen and oxygen atoms in total.